The van der Waals surface area contributed by atoms with Crippen LogP contribution in [0.2, 0.25) is 0 Å². The Hall–Kier alpha value is -1.55. The van der Waals surface area contributed by atoms with Crippen LogP contribution in [0, 0.1) is 0 Å². The van der Waals surface area contributed by atoms with E-state index in [1.807, 2.05) is 12.1 Å². The maximum absolute atomic E-state index is 12.3. The summed E-state index contributed by atoms with van der Waals surface area (Å²) in [6.45, 7) is 0. The molecular formula is C16H15F2NS. The number of thioether (sulfide) groups is 1. The first-order chi connectivity index (χ1) is 9.72. The maximum atomic E-state index is 12.3. The number of anilines is 1. The quantitative estimate of drug-likeness (QED) is 0.786. The van der Waals surface area contributed by atoms with Crippen LogP contribution in [0.1, 0.15) is 23.6 Å². The molecule has 4 heteroatoms. The smallest absolute Gasteiger partial charge is 0.288 e. The van der Waals surface area contributed by atoms with Gasteiger partial charge in [0.15, 0.2) is 0 Å². The Kier molecular flexibility index (Phi) is 3.92. The van der Waals surface area contributed by atoms with E-state index >= 15 is 0 Å². The lowest BCUT2D eigenvalue weighted by atomic mass is 10.1. The van der Waals surface area contributed by atoms with Gasteiger partial charge in [-0.25, -0.2) is 0 Å². The summed E-state index contributed by atoms with van der Waals surface area (Å²) >= 11 is 0.577. The summed E-state index contributed by atoms with van der Waals surface area (Å²) in [6.07, 6.45) is 2.17. The second-order valence-corrected chi connectivity index (χ2v) is 5.90. The SMILES string of the molecule is FC(F)Sc1ccc(NC2CCc3ccccc32)cc1. The number of hydrogen-bond acceptors (Lipinski definition) is 2. The number of benzene rings is 2. The number of hydrogen-bond donors (Lipinski definition) is 1. The van der Waals surface area contributed by atoms with Crippen LogP contribution in [0.25, 0.3) is 0 Å². The van der Waals surface area contributed by atoms with Crippen LogP contribution < -0.4 is 5.32 Å². The molecule has 0 radical (unpaired) electrons. The average molecular weight is 291 g/mol. The van der Waals surface area contributed by atoms with Gasteiger partial charge in [-0.2, -0.15) is 8.78 Å². The molecule has 0 aromatic heterocycles. The molecule has 1 atom stereocenters. The zero-order valence-electron chi connectivity index (χ0n) is 10.9. The molecule has 0 spiro atoms. The summed E-state index contributed by atoms with van der Waals surface area (Å²) in [5.41, 5.74) is 3.72. The second-order valence-electron chi connectivity index (χ2n) is 4.84. The van der Waals surface area contributed by atoms with Gasteiger partial charge >= 0.3 is 0 Å². The van der Waals surface area contributed by atoms with Gasteiger partial charge in [-0.15, -0.1) is 0 Å². The van der Waals surface area contributed by atoms with E-state index in [1.54, 1.807) is 12.1 Å². The van der Waals surface area contributed by atoms with Crippen molar-refractivity contribution in [3.8, 4) is 0 Å². The van der Waals surface area contributed by atoms with E-state index in [0.29, 0.717) is 22.7 Å². The third-order valence-corrected chi connectivity index (χ3v) is 4.28. The molecular weight excluding hydrogens is 276 g/mol. The molecule has 2 aromatic rings. The van der Waals surface area contributed by atoms with Crippen molar-refractivity contribution < 1.29 is 8.78 Å². The molecule has 104 valence electrons. The third kappa shape index (κ3) is 2.96. The van der Waals surface area contributed by atoms with E-state index in [0.717, 1.165) is 18.5 Å². The summed E-state index contributed by atoms with van der Waals surface area (Å²) in [4.78, 5) is 0.595. The summed E-state index contributed by atoms with van der Waals surface area (Å²) in [6, 6.07) is 16.0. The summed E-state index contributed by atoms with van der Waals surface area (Å²) < 4.78 is 24.5. The Labute approximate surface area is 121 Å². The number of nitrogens with one attached hydrogen (secondary N) is 1. The van der Waals surface area contributed by atoms with E-state index < -0.39 is 5.76 Å². The topological polar surface area (TPSA) is 12.0 Å². The molecule has 3 rings (SSSR count). The molecule has 0 heterocycles. The molecule has 1 aliphatic rings. The highest BCUT2D eigenvalue weighted by molar-refractivity contribution is 7.99. The molecule has 0 amide bonds. The molecule has 0 fully saturated rings. The van der Waals surface area contributed by atoms with Gasteiger partial charge < -0.3 is 5.32 Å². The van der Waals surface area contributed by atoms with E-state index in [-0.39, 0.29) is 0 Å². The van der Waals surface area contributed by atoms with Crippen molar-refractivity contribution in [1.82, 2.24) is 0 Å². The van der Waals surface area contributed by atoms with Gasteiger partial charge in [0.25, 0.3) is 5.76 Å². The minimum absolute atomic E-state index is 0.319. The summed E-state index contributed by atoms with van der Waals surface area (Å²) in [5.74, 6) is -2.37. The first-order valence-corrected chi connectivity index (χ1v) is 7.49. The average Bonchev–Trinajstić information content (AvgIpc) is 2.84. The fourth-order valence-electron chi connectivity index (χ4n) is 2.64. The maximum Gasteiger partial charge on any atom is 0.288 e. The van der Waals surface area contributed by atoms with Crippen LogP contribution in [0.3, 0.4) is 0 Å². The van der Waals surface area contributed by atoms with Gasteiger partial charge in [-0.05, 0) is 48.2 Å². The molecule has 1 unspecified atom stereocenters. The van der Waals surface area contributed by atoms with Gasteiger partial charge in [0.1, 0.15) is 0 Å². The zero-order chi connectivity index (χ0) is 13.9. The highest BCUT2D eigenvalue weighted by Crippen LogP contribution is 2.34. The predicted octanol–water partition coefficient (Wildman–Crippen LogP) is 5.10. The van der Waals surface area contributed by atoms with E-state index in [4.69, 9.17) is 0 Å². The van der Waals surface area contributed by atoms with Gasteiger partial charge in [0.2, 0.25) is 0 Å². The largest absolute Gasteiger partial charge is 0.378 e. The van der Waals surface area contributed by atoms with Crippen molar-refractivity contribution in [1.29, 1.82) is 0 Å². The zero-order valence-corrected chi connectivity index (χ0v) is 11.7. The van der Waals surface area contributed by atoms with E-state index in [1.165, 1.54) is 11.1 Å². The highest BCUT2D eigenvalue weighted by atomic mass is 32.2. The molecule has 1 N–H and O–H groups in total. The fraction of sp³-hybridized carbons (Fsp3) is 0.250. The van der Waals surface area contributed by atoms with E-state index in [2.05, 4.69) is 29.6 Å². The second kappa shape index (κ2) is 5.83. The van der Waals surface area contributed by atoms with Crippen LogP contribution in [0.4, 0.5) is 14.5 Å². The summed E-state index contributed by atoms with van der Waals surface area (Å²) in [5, 5.41) is 3.48. The lowest BCUT2D eigenvalue weighted by Gasteiger charge is -2.15. The molecule has 2 aromatic carbocycles. The van der Waals surface area contributed by atoms with E-state index in [9.17, 15) is 8.78 Å². The standard InChI is InChI=1S/C16H15F2NS/c17-16(18)20-13-8-6-12(7-9-13)19-15-10-5-11-3-1-2-4-14(11)15/h1-4,6-9,15-16,19H,5,10H2. The van der Waals surface area contributed by atoms with Crippen molar-refractivity contribution in [2.24, 2.45) is 0 Å². The predicted molar refractivity (Wildman–Crippen MR) is 79.4 cm³/mol. The molecule has 0 saturated carbocycles. The van der Waals surface area contributed by atoms with Crippen molar-refractivity contribution in [2.75, 3.05) is 5.32 Å². The van der Waals surface area contributed by atoms with Gasteiger partial charge in [-0.1, -0.05) is 36.0 Å². The summed E-state index contributed by atoms with van der Waals surface area (Å²) in [7, 11) is 0. The van der Waals surface area contributed by atoms with Gasteiger partial charge in [-0.3, -0.25) is 0 Å². The Morgan fingerprint density at radius 1 is 1.05 bits per heavy atom. The molecule has 1 nitrogen and oxygen atoms in total. The van der Waals surface area contributed by atoms with Crippen LogP contribution in [-0.4, -0.2) is 5.76 Å². The third-order valence-electron chi connectivity index (χ3n) is 3.55. The monoisotopic (exact) mass is 291 g/mol. The Morgan fingerprint density at radius 3 is 2.55 bits per heavy atom. The minimum atomic E-state index is -2.37. The van der Waals surface area contributed by atoms with Crippen molar-refractivity contribution >= 4 is 17.4 Å². The van der Waals surface area contributed by atoms with Crippen LogP contribution in [0.15, 0.2) is 53.4 Å². The van der Waals surface area contributed by atoms with Crippen LogP contribution in [-0.2, 0) is 6.42 Å². The van der Waals surface area contributed by atoms with Crippen molar-refractivity contribution in [3.63, 3.8) is 0 Å². The highest BCUT2D eigenvalue weighted by Gasteiger charge is 2.21. The van der Waals surface area contributed by atoms with Crippen LogP contribution >= 0.6 is 11.8 Å². The number of alkyl halides is 2. The molecule has 0 aliphatic heterocycles. The Bertz CT molecular complexity index is 583. The number of halogens is 2. The fourth-order valence-corrected chi connectivity index (χ4v) is 3.14. The van der Waals surface area contributed by atoms with Crippen molar-refractivity contribution in [3.05, 3.63) is 59.7 Å². The Balaban J connectivity index is 1.70. The van der Waals surface area contributed by atoms with Crippen LogP contribution in [0.5, 0.6) is 0 Å². The Morgan fingerprint density at radius 2 is 1.80 bits per heavy atom. The normalized spacial score (nSPS) is 17.2. The molecule has 0 bridgehead atoms. The molecule has 20 heavy (non-hydrogen) atoms. The number of rotatable bonds is 4. The van der Waals surface area contributed by atoms with Gasteiger partial charge in [0, 0.05) is 10.6 Å². The lowest BCUT2D eigenvalue weighted by Crippen LogP contribution is -2.06. The number of aryl methyl sites for hydroxylation is 1. The van der Waals surface area contributed by atoms with Gasteiger partial charge in [0.05, 0.1) is 6.04 Å². The number of fused-ring (bicyclic) bond motifs is 1. The first kappa shape index (κ1) is 13.4. The minimum Gasteiger partial charge on any atom is -0.378 e. The molecule has 0 saturated heterocycles. The van der Waals surface area contributed by atoms with Crippen molar-refractivity contribution in [2.45, 2.75) is 29.5 Å². The molecule has 1 aliphatic carbocycles. The first-order valence-electron chi connectivity index (χ1n) is 6.61. The lowest BCUT2D eigenvalue weighted by molar-refractivity contribution is 0.252.